The summed E-state index contributed by atoms with van der Waals surface area (Å²) in [6, 6.07) is 15.9. The Kier molecular flexibility index (Phi) is 3.59. The molecular formula is C19H20N2O. The van der Waals surface area contributed by atoms with Gasteiger partial charge in [0.15, 0.2) is 0 Å². The van der Waals surface area contributed by atoms with E-state index in [1.165, 1.54) is 0 Å². The Morgan fingerprint density at radius 1 is 1.05 bits per heavy atom. The Balaban J connectivity index is 2.43. The fraction of sp³-hybridized carbons (Fsp3) is 0.211. The van der Waals surface area contributed by atoms with Crippen molar-refractivity contribution in [2.45, 2.75) is 19.9 Å². The normalized spacial score (nSPS) is 12.5. The maximum atomic E-state index is 12.8. The van der Waals surface area contributed by atoms with Gasteiger partial charge >= 0.3 is 0 Å². The molecule has 0 amide bonds. The number of benzene rings is 2. The quantitative estimate of drug-likeness (QED) is 0.785. The first-order valence-corrected chi connectivity index (χ1v) is 7.44. The summed E-state index contributed by atoms with van der Waals surface area (Å²) in [5, 5.41) is 1.68. The molecule has 3 rings (SSSR count). The molecule has 0 aliphatic carbocycles. The molecule has 1 heterocycles. The third-order valence-corrected chi connectivity index (χ3v) is 4.09. The lowest BCUT2D eigenvalue weighted by atomic mass is 9.96. The lowest BCUT2D eigenvalue weighted by Crippen LogP contribution is -2.20. The van der Waals surface area contributed by atoms with Crippen molar-refractivity contribution >= 4 is 10.8 Å². The maximum Gasteiger partial charge on any atom is 0.258 e. The predicted molar refractivity (Wildman–Crippen MR) is 92.0 cm³/mol. The third kappa shape index (κ3) is 2.34. The van der Waals surface area contributed by atoms with E-state index in [0.717, 1.165) is 33.2 Å². The fourth-order valence-corrected chi connectivity index (χ4v) is 2.95. The average Bonchev–Trinajstić information content (AvgIpc) is 2.51. The number of nitrogens with zero attached hydrogens (tertiary/aromatic N) is 1. The maximum absolute atomic E-state index is 12.8. The van der Waals surface area contributed by atoms with E-state index in [9.17, 15) is 4.79 Å². The smallest absolute Gasteiger partial charge is 0.258 e. The van der Waals surface area contributed by atoms with Crippen molar-refractivity contribution in [2.24, 2.45) is 12.8 Å². The van der Waals surface area contributed by atoms with Gasteiger partial charge in [-0.05, 0) is 48.1 Å². The molecule has 1 unspecified atom stereocenters. The van der Waals surface area contributed by atoms with Crippen LogP contribution in [0.25, 0.3) is 22.0 Å². The fourth-order valence-electron chi connectivity index (χ4n) is 2.95. The van der Waals surface area contributed by atoms with E-state index in [1.54, 1.807) is 4.57 Å². The Bertz CT molecular complexity index is 893. The Morgan fingerprint density at radius 2 is 1.73 bits per heavy atom. The molecule has 3 nitrogen and oxygen atoms in total. The molecule has 0 spiro atoms. The van der Waals surface area contributed by atoms with Crippen LogP contribution < -0.4 is 11.3 Å². The highest BCUT2D eigenvalue weighted by Gasteiger charge is 2.13. The molecule has 1 atom stereocenters. The van der Waals surface area contributed by atoms with Crippen molar-refractivity contribution in [3.05, 3.63) is 70.0 Å². The van der Waals surface area contributed by atoms with Crippen molar-refractivity contribution < 1.29 is 0 Å². The summed E-state index contributed by atoms with van der Waals surface area (Å²) in [5.74, 6) is 0. The lowest BCUT2D eigenvalue weighted by molar-refractivity contribution is 0.823. The standard InChI is InChI=1S/C19H20N2O/c1-12-9-15(13(2)20)16-11-18(14-7-5-4-6-8-14)21(3)19(22)17(16)10-12/h4-11,13H,20H2,1-3H3. The van der Waals surface area contributed by atoms with Crippen molar-refractivity contribution in [1.29, 1.82) is 0 Å². The minimum atomic E-state index is -0.113. The number of nitrogens with two attached hydrogens (primary N) is 1. The van der Waals surface area contributed by atoms with Gasteiger partial charge in [-0.1, -0.05) is 36.4 Å². The molecule has 0 aliphatic rings. The van der Waals surface area contributed by atoms with Crippen molar-refractivity contribution in [1.82, 2.24) is 4.57 Å². The average molecular weight is 292 g/mol. The molecule has 3 aromatic rings. The Morgan fingerprint density at radius 3 is 2.36 bits per heavy atom. The van der Waals surface area contributed by atoms with Crippen LogP contribution in [-0.2, 0) is 7.05 Å². The van der Waals surface area contributed by atoms with Crippen LogP contribution in [0.4, 0.5) is 0 Å². The summed E-state index contributed by atoms with van der Waals surface area (Å²) in [7, 11) is 1.82. The van der Waals surface area contributed by atoms with E-state index in [0.29, 0.717) is 0 Å². The zero-order valence-electron chi connectivity index (χ0n) is 13.1. The molecule has 0 saturated heterocycles. The molecule has 3 heteroatoms. The molecule has 0 aliphatic heterocycles. The summed E-state index contributed by atoms with van der Waals surface area (Å²) >= 11 is 0. The van der Waals surface area contributed by atoms with Gasteiger partial charge in [0.05, 0.1) is 5.69 Å². The summed E-state index contributed by atoms with van der Waals surface area (Å²) in [5.41, 5.74) is 10.1. The van der Waals surface area contributed by atoms with Gasteiger partial charge < -0.3 is 10.3 Å². The van der Waals surface area contributed by atoms with Crippen LogP contribution in [0.1, 0.15) is 24.1 Å². The van der Waals surface area contributed by atoms with Crippen LogP contribution in [0.15, 0.2) is 53.3 Å². The zero-order valence-corrected chi connectivity index (χ0v) is 13.1. The minimum Gasteiger partial charge on any atom is -0.324 e. The highest BCUT2D eigenvalue weighted by atomic mass is 16.1. The predicted octanol–water partition coefficient (Wildman–Crippen LogP) is 3.53. The summed E-state index contributed by atoms with van der Waals surface area (Å²) in [6.07, 6.45) is 0. The van der Waals surface area contributed by atoms with Gasteiger partial charge in [-0.3, -0.25) is 4.79 Å². The van der Waals surface area contributed by atoms with E-state index in [2.05, 4.69) is 12.1 Å². The van der Waals surface area contributed by atoms with Crippen molar-refractivity contribution in [3.8, 4) is 11.3 Å². The van der Waals surface area contributed by atoms with E-state index >= 15 is 0 Å². The van der Waals surface area contributed by atoms with Crippen LogP contribution in [-0.4, -0.2) is 4.57 Å². The number of aryl methyl sites for hydroxylation is 1. The van der Waals surface area contributed by atoms with Crippen molar-refractivity contribution in [3.63, 3.8) is 0 Å². The second kappa shape index (κ2) is 5.43. The molecule has 0 radical (unpaired) electrons. The summed E-state index contributed by atoms with van der Waals surface area (Å²) in [6.45, 7) is 3.95. The second-order valence-corrected chi connectivity index (χ2v) is 5.86. The molecule has 112 valence electrons. The summed E-state index contributed by atoms with van der Waals surface area (Å²) < 4.78 is 1.71. The van der Waals surface area contributed by atoms with Gasteiger partial charge in [-0.15, -0.1) is 0 Å². The number of fused-ring (bicyclic) bond motifs is 1. The van der Waals surface area contributed by atoms with Crippen molar-refractivity contribution in [2.75, 3.05) is 0 Å². The van der Waals surface area contributed by atoms with Gasteiger partial charge in [0.1, 0.15) is 0 Å². The molecule has 0 fully saturated rings. The molecule has 2 N–H and O–H groups in total. The molecule has 2 aromatic carbocycles. The summed E-state index contributed by atoms with van der Waals surface area (Å²) in [4.78, 5) is 12.8. The molecule has 22 heavy (non-hydrogen) atoms. The first kappa shape index (κ1) is 14.5. The molecule has 0 saturated carbocycles. The first-order chi connectivity index (χ1) is 10.5. The molecular weight excluding hydrogens is 272 g/mol. The SMILES string of the molecule is Cc1cc(C(C)N)c2cc(-c3ccccc3)n(C)c(=O)c2c1. The number of rotatable bonds is 2. The van der Waals surface area contributed by atoms with Gasteiger partial charge in [0, 0.05) is 18.5 Å². The topological polar surface area (TPSA) is 48.0 Å². The lowest BCUT2D eigenvalue weighted by Gasteiger charge is -2.15. The van der Waals surface area contributed by atoms with E-state index < -0.39 is 0 Å². The van der Waals surface area contributed by atoms with Gasteiger partial charge in [-0.25, -0.2) is 0 Å². The second-order valence-electron chi connectivity index (χ2n) is 5.86. The van der Waals surface area contributed by atoms with Gasteiger partial charge in [0.2, 0.25) is 0 Å². The van der Waals surface area contributed by atoms with Crippen LogP contribution in [0, 0.1) is 6.92 Å². The highest BCUT2D eigenvalue weighted by molar-refractivity contribution is 5.89. The Labute approximate surface area is 130 Å². The third-order valence-electron chi connectivity index (χ3n) is 4.09. The molecule has 1 aromatic heterocycles. The Hall–Kier alpha value is -2.39. The van der Waals surface area contributed by atoms with E-state index in [-0.39, 0.29) is 11.6 Å². The number of hydrogen-bond acceptors (Lipinski definition) is 2. The van der Waals surface area contributed by atoms with Gasteiger partial charge in [-0.2, -0.15) is 0 Å². The van der Waals surface area contributed by atoms with E-state index in [1.807, 2.05) is 57.3 Å². The highest BCUT2D eigenvalue weighted by Crippen LogP contribution is 2.27. The zero-order chi connectivity index (χ0) is 15.9. The van der Waals surface area contributed by atoms with E-state index in [4.69, 9.17) is 5.73 Å². The van der Waals surface area contributed by atoms with Gasteiger partial charge in [0.25, 0.3) is 5.56 Å². The van der Waals surface area contributed by atoms with Crippen LogP contribution >= 0.6 is 0 Å². The number of hydrogen-bond donors (Lipinski definition) is 1. The molecule has 0 bridgehead atoms. The minimum absolute atomic E-state index is 0.0157. The monoisotopic (exact) mass is 292 g/mol. The largest absolute Gasteiger partial charge is 0.324 e. The number of aromatic nitrogens is 1. The van der Waals surface area contributed by atoms with Crippen LogP contribution in [0.5, 0.6) is 0 Å². The van der Waals surface area contributed by atoms with Crippen LogP contribution in [0.2, 0.25) is 0 Å². The first-order valence-electron chi connectivity index (χ1n) is 7.44. The number of pyridine rings is 1. The van der Waals surface area contributed by atoms with Crippen LogP contribution in [0.3, 0.4) is 0 Å².